The van der Waals surface area contributed by atoms with E-state index in [9.17, 15) is 4.79 Å². The molecule has 120 valence electrons. The minimum Gasteiger partial charge on any atom is -0.495 e. The fourth-order valence-electron chi connectivity index (χ4n) is 2.65. The fraction of sp³-hybridized carbons (Fsp3) is 0.235. The quantitative estimate of drug-likeness (QED) is 0.882. The van der Waals surface area contributed by atoms with E-state index in [1.165, 1.54) is 7.11 Å². The lowest BCUT2D eigenvalue weighted by molar-refractivity contribution is 0.102. The number of benzene rings is 2. The zero-order valence-electron chi connectivity index (χ0n) is 12.6. The molecular formula is C17H16Cl2N2O2. The standard InChI is InChI=1S/C17H16Cl2N2O2/c1-23-16-3-2-10(7-15(16)19)17(22)21-12-6-11-9-20-5-4-13(11)14(18)8-12/h2-3,6-8,20H,4-5,9H2,1H3,(H,21,22). The summed E-state index contributed by atoms with van der Waals surface area (Å²) in [5.41, 5.74) is 3.40. The van der Waals surface area contributed by atoms with Gasteiger partial charge in [-0.25, -0.2) is 0 Å². The number of ether oxygens (including phenoxy) is 1. The maximum Gasteiger partial charge on any atom is 0.255 e. The molecule has 0 saturated heterocycles. The lowest BCUT2D eigenvalue weighted by Crippen LogP contribution is -2.24. The summed E-state index contributed by atoms with van der Waals surface area (Å²) in [4.78, 5) is 12.4. The number of hydrogen-bond acceptors (Lipinski definition) is 3. The first-order valence-electron chi connectivity index (χ1n) is 7.25. The van der Waals surface area contributed by atoms with Crippen LogP contribution in [0.2, 0.25) is 10.0 Å². The molecule has 4 nitrogen and oxygen atoms in total. The van der Waals surface area contributed by atoms with Gasteiger partial charge in [0.1, 0.15) is 5.75 Å². The van der Waals surface area contributed by atoms with Gasteiger partial charge in [0.05, 0.1) is 12.1 Å². The van der Waals surface area contributed by atoms with E-state index >= 15 is 0 Å². The van der Waals surface area contributed by atoms with Crippen molar-refractivity contribution in [2.75, 3.05) is 19.0 Å². The van der Waals surface area contributed by atoms with Gasteiger partial charge in [-0.05, 0) is 54.4 Å². The SMILES string of the molecule is COc1ccc(C(=O)Nc2cc(Cl)c3c(c2)CNCC3)cc1Cl. The van der Waals surface area contributed by atoms with Crippen LogP contribution in [0, 0.1) is 0 Å². The van der Waals surface area contributed by atoms with Crippen LogP contribution in [0.4, 0.5) is 5.69 Å². The molecule has 0 fully saturated rings. The summed E-state index contributed by atoms with van der Waals surface area (Å²) in [6, 6.07) is 8.66. The highest BCUT2D eigenvalue weighted by atomic mass is 35.5. The summed E-state index contributed by atoms with van der Waals surface area (Å²) in [6.07, 6.45) is 0.899. The third kappa shape index (κ3) is 3.44. The number of carbonyl (C=O) groups excluding carboxylic acids is 1. The lowest BCUT2D eigenvalue weighted by atomic mass is 10.00. The molecule has 6 heteroatoms. The van der Waals surface area contributed by atoms with Gasteiger partial charge in [0.2, 0.25) is 0 Å². The van der Waals surface area contributed by atoms with Crippen molar-refractivity contribution in [1.82, 2.24) is 5.32 Å². The normalized spacial score (nSPS) is 13.3. The number of hydrogen-bond donors (Lipinski definition) is 2. The molecule has 2 N–H and O–H groups in total. The topological polar surface area (TPSA) is 50.4 Å². The van der Waals surface area contributed by atoms with Crippen molar-refractivity contribution in [3.05, 3.63) is 57.1 Å². The van der Waals surface area contributed by atoms with Crippen molar-refractivity contribution in [3.8, 4) is 5.75 Å². The Morgan fingerprint density at radius 1 is 1.22 bits per heavy atom. The third-order valence-corrected chi connectivity index (χ3v) is 4.46. The molecule has 0 aliphatic carbocycles. The Hall–Kier alpha value is -1.75. The summed E-state index contributed by atoms with van der Waals surface area (Å²) >= 11 is 12.4. The monoisotopic (exact) mass is 350 g/mol. The van der Waals surface area contributed by atoms with Gasteiger partial charge in [-0.3, -0.25) is 4.79 Å². The van der Waals surface area contributed by atoms with E-state index in [0.29, 0.717) is 27.0 Å². The van der Waals surface area contributed by atoms with E-state index in [2.05, 4.69) is 10.6 Å². The smallest absolute Gasteiger partial charge is 0.255 e. The number of fused-ring (bicyclic) bond motifs is 1. The average molecular weight is 351 g/mol. The molecule has 0 atom stereocenters. The molecule has 1 aliphatic rings. The molecule has 0 spiro atoms. The number of amides is 1. The van der Waals surface area contributed by atoms with Crippen molar-refractivity contribution in [1.29, 1.82) is 0 Å². The zero-order valence-corrected chi connectivity index (χ0v) is 14.1. The van der Waals surface area contributed by atoms with Crippen molar-refractivity contribution in [2.45, 2.75) is 13.0 Å². The summed E-state index contributed by atoms with van der Waals surface area (Å²) in [6.45, 7) is 1.68. The zero-order chi connectivity index (χ0) is 16.4. The summed E-state index contributed by atoms with van der Waals surface area (Å²) < 4.78 is 5.09. The van der Waals surface area contributed by atoms with Gasteiger partial charge in [0.25, 0.3) is 5.91 Å². The fourth-order valence-corrected chi connectivity index (χ4v) is 3.24. The molecular weight excluding hydrogens is 335 g/mol. The lowest BCUT2D eigenvalue weighted by Gasteiger charge is -2.19. The molecule has 0 saturated carbocycles. The van der Waals surface area contributed by atoms with Crippen LogP contribution < -0.4 is 15.4 Å². The Bertz CT molecular complexity index is 762. The first-order chi connectivity index (χ1) is 11.1. The van der Waals surface area contributed by atoms with E-state index in [4.69, 9.17) is 27.9 Å². The van der Waals surface area contributed by atoms with Crippen LogP contribution in [-0.2, 0) is 13.0 Å². The van der Waals surface area contributed by atoms with E-state index in [0.717, 1.165) is 30.6 Å². The van der Waals surface area contributed by atoms with Gasteiger partial charge in [-0.2, -0.15) is 0 Å². The molecule has 2 aromatic rings. The molecule has 0 aromatic heterocycles. The van der Waals surface area contributed by atoms with Crippen LogP contribution >= 0.6 is 23.2 Å². The minimum atomic E-state index is -0.241. The predicted molar refractivity (Wildman–Crippen MR) is 92.8 cm³/mol. The highest BCUT2D eigenvalue weighted by Gasteiger charge is 2.15. The Balaban J connectivity index is 1.83. The van der Waals surface area contributed by atoms with Crippen LogP contribution in [0.15, 0.2) is 30.3 Å². The molecule has 0 unspecified atom stereocenters. The number of nitrogens with one attached hydrogen (secondary N) is 2. The van der Waals surface area contributed by atoms with Gasteiger partial charge < -0.3 is 15.4 Å². The highest BCUT2D eigenvalue weighted by Crippen LogP contribution is 2.29. The van der Waals surface area contributed by atoms with Crippen LogP contribution in [0.1, 0.15) is 21.5 Å². The molecule has 0 radical (unpaired) electrons. The van der Waals surface area contributed by atoms with E-state index in [1.807, 2.05) is 6.07 Å². The maximum absolute atomic E-state index is 12.4. The van der Waals surface area contributed by atoms with Crippen molar-refractivity contribution < 1.29 is 9.53 Å². The van der Waals surface area contributed by atoms with Gasteiger partial charge in [0, 0.05) is 22.8 Å². The first kappa shape index (κ1) is 16.1. The Morgan fingerprint density at radius 3 is 2.78 bits per heavy atom. The van der Waals surface area contributed by atoms with Gasteiger partial charge >= 0.3 is 0 Å². The number of rotatable bonds is 3. The maximum atomic E-state index is 12.4. The predicted octanol–water partition coefficient (Wildman–Crippen LogP) is 3.90. The van der Waals surface area contributed by atoms with Crippen LogP contribution in [0.3, 0.4) is 0 Å². The number of carbonyl (C=O) groups is 1. The second-order valence-corrected chi connectivity index (χ2v) is 6.14. The van der Waals surface area contributed by atoms with E-state index < -0.39 is 0 Å². The van der Waals surface area contributed by atoms with Crippen molar-refractivity contribution in [3.63, 3.8) is 0 Å². The Morgan fingerprint density at radius 2 is 2.04 bits per heavy atom. The number of halogens is 2. The van der Waals surface area contributed by atoms with Crippen molar-refractivity contribution >= 4 is 34.8 Å². The van der Waals surface area contributed by atoms with Gasteiger partial charge in [-0.15, -0.1) is 0 Å². The van der Waals surface area contributed by atoms with Crippen molar-refractivity contribution in [2.24, 2.45) is 0 Å². The van der Waals surface area contributed by atoms with E-state index in [1.54, 1.807) is 24.3 Å². The van der Waals surface area contributed by atoms with Crippen LogP contribution in [-0.4, -0.2) is 19.6 Å². The third-order valence-electron chi connectivity index (χ3n) is 3.83. The highest BCUT2D eigenvalue weighted by molar-refractivity contribution is 6.32. The molecule has 0 bridgehead atoms. The van der Waals surface area contributed by atoms with Crippen LogP contribution in [0.5, 0.6) is 5.75 Å². The molecule has 23 heavy (non-hydrogen) atoms. The second-order valence-electron chi connectivity index (χ2n) is 5.33. The Kier molecular flexibility index (Phi) is 4.76. The summed E-state index contributed by atoms with van der Waals surface area (Å²) in [5, 5.41) is 7.24. The molecule has 1 amide bonds. The molecule has 1 aliphatic heterocycles. The molecule has 1 heterocycles. The average Bonchev–Trinajstić information content (AvgIpc) is 2.54. The summed E-state index contributed by atoms with van der Waals surface area (Å²) in [7, 11) is 1.53. The number of methoxy groups -OCH3 is 1. The summed E-state index contributed by atoms with van der Waals surface area (Å²) in [5.74, 6) is 0.292. The van der Waals surface area contributed by atoms with Gasteiger partial charge in [-0.1, -0.05) is 23.2 Å². The molecule has 2 aromatic carbocycles. The van der Waals surface area contributed by atoms with Crippen LogP contribution in [0.25, 0.3) is 0 Å². The Labute approximate surface area is 144 Å². The second kappa shape index (κ2) is 6.79. The van der Waals surface area contributed by atoms with E-state index in [-0.39, 0.29) is 5.91 Å². The number of anilines is 1. The first-order valence-corrected chi connectivity index (χ1v) is 8.01. The largest absolute Gasteiger partial charge is 0.495 e. The minimum absolute atomic E-state index is 0.241. The van der Waals surface area contributed by atoms with Gasteiger partial charge in [0.15, 0.2) is 0 Å². The molecule has 3 rings (SSSR count).